The van der Waals surface area contributed by atoms with Crippen LogP contribution in [-0.2, 0) is 0 Å². The lowest BCUT2D eigenvalue weighted by Crippen LogP contribution is -2.11. The number of hydrogen-bond donors (Lipinski definition) is 0. The highest BCUT2D eigenvalue weighted by Crippen LogP contribution is 2.31. The van der Waals surface area contributed by atoms with Crippen molar-refractivity contribution in [3.05, 3.63) is 35.5 Å². The molecule has 17 heavy (non-hydrogen) atoms. The van der Waals surface area contributed by atoms with E-state index < -0.39 is 6.43 Å². The number of hydrogen-bond acceptors (Lipinski definition) is 0. The standard InChI is InChI=1S/C15H24F2/c1-7-8-11(4)15(13(6)10(2)3)12(5)9-14(16)17/h7-8,10,12,14H,6,9H2,1-5H3/b8-7-,15-11+. The predicted molar refractivity (Wildman–Crippen MR) is 71.3 cm³/mol. The van der Waals surface area contributed by atoms with Gasteiger partial charge in [-0.3, -0.25) is 0 Å². The zero-order valence-electron chi connectivity index (χ0n) is 11.6. The number of allylic oxidation sites excluding steroid dienone is 5. The minimum atomic E-state index is -2.27. The molecule has 98 valence electrons. The van der Waals surface area contributed by atoms with Gasteiger partial charge in [-0.1, -0.05) is 39.5 Å². The van der Waals surface area contributed by atoms with Gasteiger partial charge in [0.1, 0.15) is 0 Å². The van der Waals surface area contributed by atoms with E-state index in [1.165, 1.54) is 0 Å². The summed E-state index contributed by atoms with van der Waals surface area (Å²) in [6.07, 6.45) is 1.53. The molecule has 0 aromatic heterocycles. The minimum absolute atomic E-state index is 0.101. The maximum Gasteiger partial charge on any atom is 0.239 e. The third-order valence-corrected chi connectivity index (χ3v) is 2.91. The van der Waals surface area contributed by atoms with Gasteiger partial charge in [-0.2, -0.15) is 0 Å². The Morgan fingerprint density at radius 1 is 1.24 bits per heavy atom. The molecule has 0 saturated heterocycles. The summed E-state index contributed by atoms with van der Waals surface area (Å²) in [5.41, 5.74) is 2.99. The Morgan fingerprint density at radius 2 is 1.76 bits per heavy atom. The van der Waals surface area contributed by atoms with Gasteiger partial charge >= 0.3 is 0 Å². The summed E-state index contributed by atoms with van der Waals surface area (Å²) in [6.45, 7) is 13.9. The molecule has 0 radical (unpaired) electrons. The van der Waals surface area contributed by atoms with Gasteiger partial charge < -0.3 is 0 Å². The van der Waals surface area contributed by atoms with Crippen molar-refractivity contribution in [2.75, 3.05) is 0 Å². The molecule has 0 N–H and O–H groups in total. The predicted octanol–water partition coefficient (Wildman–Crippen LogP) is 5.38. The molecule has 0 amide bonds. The minimum Gasteiger partial charge on any atom is -0.211 e. The van der Waals surface area contributed by atoms with Crippen molar-refractivity contribution >= 4 is 0 Å². The Morgan fingerprint density at radius 3 is 2.12 bits per heavy atom. The van der Waals surface area contributed by atoms with Crippen LogP contribution in [0.1, 0.15) is 41.0 Å². The highest BCUT2D eigenvalue weighted by Gasteiger charge is 2.19. The van der Waals surface area contributed by atoms with Crippen molar-refractivity contribution in [3.8, 4) is 0 Å². The van der Waals surface area contributed by atoms with Crippen LogP contribution in [0.3, 0.4) is 0 Å². The molecule has 0 heterocycles. The molecule has 0 aliphatic rings. The van der Waals surface area contributed by atoms with E-state index in [1.807, 2.05) is 46.8 Å². The molecule has 0 fully saturated rings. The zero-order valence-corrected chi connectivity index (χ0v) is 11.6. The fourth-order valence-electron chi connectivity index (χ4n) is 1.99. The van der Waals surface area contributed by atoms with Crippen molar-refractivity contribution in [2.45, 2.75) is 47.5 Å². The summed E-state index contributed by atoms with van der Waals surface area (Å²) in [7, 11) is 0. The van der Waals surface area contributed by atoms with Crippen LogP contribution in [0.5, 0.6) is 0 Å². The second kappa shape index (κ2) is 7.41. The van der Waals surface area contributed by atoms with E-state index in [0.29, 0.717) is 0 Å². The highest BCUT2D eigenvalue weighted by atomic mass is 19.3. The first-order chi connectivity index (χ1) is 7.81. The molecule has 0 nitrogen and oxygen atoms in total. The molecule has 0 saturated carbocycles. The summed E-state index contributed by atoms with van der Waals surface area (Å²) in [5.74, 6) is 0.131. The molecule has 0 rings (SSSR count). The van der Waals surface area contributed by atoms with E-state index in [4.69, 9.17) is 0 Å². The van der Waals surface area contributed by atoms with Gasteiger partial charge in [0.25, 0.3) is 0 Å². The van der Waals surface area contributed by atoms with Crippen LogP contribution >= 0.6 is 0 Å². The Labute approximate surface area is 104 Å². The topological polar surface area (TPSA) is 0 Å². The van der Waals surface area contributed by atoms with Crippen LogP contribution in [-0.4, -0.2) is 6.43 Å². The molecule has 0 aliphatic heterocycles. The fourth-order valence-corrected chi connectivity index (χ4v) is 1.99. The molecule has 2 heteroatoms. The van der Waals surface area contributed by atoms with E-state index in [-0.39, 0.29) is 18.3 Å². The van der Waals surface area contributed by atoms with Gasteiger partial charge in [0, 0.05) is 6.42 Å². The Bertz CT molecular complexity index is 309. The molecule has 0 aliphatic carbocycles. The van der Waals surface area contributed by atoms with E-state index >= 15 is 0 Å². The van der Waals surface area contributed by atoms with Crippen molar-refractivity contribution < 1.29 is 8.78 Å². The summed E-state index contributed by atoms with van der Waals surface area (Å²) < 4.78 is 25.0. The average Bonchev–Trinajstić information content (AvgIpc) is 2.16. The third kappa shape index (κ3) is 5.29. The molecule has 0 spiro atoms. The SMILES string of the molecule is C=C(/C(=C(C)/C=C\C)C(C)CC(F)F)C(C)C. The first kappa shape index (κ1) is 16.1. The first-order valence-electron chi connectivity index (χ1n) is 6.12. The van der Waals surface area contributed by atoms with Crippen molar-refractivity contribution in [1.29, 1.82) is 0 Å². The van der Waals surface area contributed by atoms with Crippen LogP contribution < -0.4 is 0 Å². The van der Waals surface area contributed by atoms with Crippen LogP contribution in [0.15, 0.2) is 35.5 Å². The Hall–Kier alpha value is -0.920. The van der Waals surface area contributed by atoms with E-state index in [9.17, 15) is 8.78 Å². The molecule has 1 atom stereocenters. The maximum atomic E-state index is 12.5. The highest BCUT2D eigenvalue weighted by molar-refractivity contribution is 5.40. The lowest BCUT2D eigenvalue weighted by Gasteiger charge is -2.22. The normalized spacial score (nSPS) is 15.6. The lowest BCUT2D eigenvalue weighted by molar-refractivity contribution is 0.124. The Kier molecular flexibility index (Phi) is 7.01. The van der Waals surface area contributed by atoms with E-state index in [1.54, 1.807) is 0 Å². The molecule has 0 aromatic rings. The van der Waals surface area contributed by atoms with Crippen molar-refractivity contribution in [1.82, 2.24) is 0 Å². The van der Waals surface area contributed by atoms with Gasteiger partial charge in [0.05, 0.1) is 0 Å². The smallest absolute Gasteiger partial charge is 0.211 e. The average molecular weight is 242 g/mol. The largest absolute Gasteiger partial charge is 0.239 e. The summed E-state index contributed by atoms with van der Waals surface area (Å²) >= 11 is 0. The van der Waals surface area contributed by atoms with Gasteiger partial charge in [0.2, 0.25) is 6.43 Å². The Balaban J connectivity index is 5.26. The second-order valence-electron chi connectivity index (χ2n) is 4.80. The van der Waals surface area contributed by atoms with Crippen LogP contribution in [0.2, 0.25) is 0 Å². The van der Waals surface area contributed by atoms with Gasteiger partial charge in [-0.25, -0.2) is 8.78 Å². The summed E-state index contributed by atoms with van der Waals surface area (Å²) in [6, 6.07) is 0. The molecule has 0 bridgehead atoms. The summed E-state index contributed by atoms with van der Waals surface area (Å²) in [5, 5.41) is 0. The van der Waals surface area contributed by atoms with Crippen molar-refractivity contribution in [3.63, 3.8) is 0 Å². The van der Waals surface area contributed by atoms with E-state index in [2.05, 4.69) is 6.58 Å². The van der Waals surface area contributed by atoms with Gasteiger partial charge in [0.15, 0.2) is 0 Å². The van der Waals surface area contributed by atoms with Gasteiger partial charge in [-0.15, -0.1) is 0 Å². The van der Waals surface area contributed by atoms with Gasteiger partial charge in [-0.05, 0) is 42.4 Å². The maximum absolute atomic E-state index is 12.5. The molecule has 1 unspecified atom stereocenters. The summed E-state index contributed by atoms with van der Waals surface area (Å²) in [4.78, 5) is 0. The lowest BCUT2D eigenvalue weighted by atomic mass is 9.83. The fraction of sp³-hybridized carbons (Fsp3) is 0.600. The van der Waals surface area contributed by atoms with Crippen LogP contribution in [0.25, 0.3) is 0 Å². The quantitative estimate of drug-likeness (QED) is 0.548. The molecular weight excluding hydrogens is 218 g/mol. The van der Waals surface area contributed by atoms with Crippen molar-refractivity contribution in [2.24, 2.45) is 11.8 Å². The van der Waals surface area contributed by atoms with Crippen LogP contribution in [0, 0.1) is 11.8 Å². The first-order valence-corrected chi connectivity index (χ1v) is 6.12. The van der Waals surface area contributed by atoms with E-state index in [0.717, 1.165) is 16.7 Å². The monoisotopic (exact) mass is 242 g/mol. The third-order valence-electron chi connectivity index (χ3n) is 2.91. The van der Waals surface area contributed by atoms with Crippen LogP contribution in [0.4, 0.5) is 8.78 Å². The second-order valence-corrected chi connectivity index (χ2v) is 4.80. The zero-order chi connectivity index (χ0) is 13.6. The molecular formula is C15H24F2. The number of alkyl halides is 2. The number of rotatable bonds is 6. The molecule has 0 aromatic carbocycles. The number of halogens is 2.